The Morgan fingerprint density at radius 1 is 1.45 bits per heavy atom. The van der Waals surface area contributed by atoms with Gasteiger partial charge in [-0.1, -0.05) is 6.07 Å². The largest absolute Gasteiger partial charge is 0.478 e. The lowest BCUT2D eigenvalue weighted by Gasteiger charge is -2.28. The monoisotopic (exact) mass is 288 g/mol. The molecule has 0 unspecified atom stereocenters. The van der Waals surface area contributed by atoms with E-state index in [-0.39, 0.29) is 0 Å². The van der Waals surface area contributed by atoms with Gasteiger partial charge in [-0.3, -0.25) is 4.90 Å². The lowest BCUT2D eigenvalue weighted by Crippen LogP contribution is -2.30. The first-order valence-corrected chi connectivity index (χ1v) is 7.48. The maximum absolute atomic E-state index is 11.0. The number of fused-ring (bicyclic) bond motifs is 1. The molecule has 0 amide bonds. The molecule has 4 nitrogen and oxygen atoms in total. The maximum Gasteiger partial charge on any atom is 0.335 e. The van der Waals surface area contributed by atoms with Crippen LogP contribution in [0.2, 0.25) is 0 Å². The number of carboxylic acids is 1. The van der Waals surface area contributed by atoms with E-state index in [4.69, 9.17) is 5.11 Å². The summed E-state index contributed by atoms with van der Waals surface area (Å²) in [5.41, 5.74) is 3.83. The van der Waals surface area contributed by atoms with Crippen LogP contribution >= 0.6 is 11.3 Å². The van der Waals surface area contributed by atoms with Gasteiger partial charge in [0.2, 0.25) is 0 Å². The van der Waals surface area contributed by atoms with Crippen LogP contribution in [0, 0.1) is 6.92 Å². The molecule has 1 aromatic heterocycles. The van der Waals surface area contributed by atoms with Gasteiger partial charge in [0.25, 0.3) is 0 Å². The predicted molar refractivity (Wildman–Crippen MR) is 78.1 cm³/mol. The summed E-state index contributed by atoms with van der Waals surface area (Å²) in [5, 5.41) is 12.3. The molecule has 0 spiro atoms. The van der Waals surface area contributed by atoms with E-state index in [1.807, 2.05) is 13.0 Å². The van der Waals surface area contributed by atoms with Crippen molar-refractivity contribution in [2.45, 2.75) is 26.4 Å². The van der Waals surface area contributed by atoms with Gasteiger partial charge in [0.1, 0.15) is 5.01 Å². The zero-order chi connectivity index (χ0) is 14.1. The number of benzene rings is 1. The van der Waals surface area contributed by atoms with Gasteiger partial charge in [0, 0.05) is 24.2 Å². The average Bonchev–Trinajstić information content (AvgIpc) is 2.83. The van der Waals surface area contributed by atoms with Gasteiger partial charge >= 0.3 is 5.97 Å². The van der Waals surface area contributed by atoms with E-state index in [0.717, 1.165) is 42.3 Å². The van der Waals surface area contributed by atoms with Crippen molar-refractivity contribution in [3.63, 3.8) is 0 Å². The Labute approximate surface area is 121 Å². The van der Waals surface area contributed by atoms with Crippen molar-refractivity contribution in [3.05, 3.63) is 51.0 Å². The smallest absolute Gasteiger partial charge is 0.335 e. The highest BCUT2D eigenvalue weighted by atomic mass is 32.1. The predicted octanol–water partition coefficient (Wildman–Crippen LogP) is 2.71. The molecule has 1 aliphatic heterocycles. The summed E-state index contributed by atoms with van der Waals surface area (Å²) < 4.78 is 0. The van der Waals surface area contributed by atoms with Crippen molar-refractivity contribution < 1.29 is 9.90 Å². The molecule has 0 saturated carbocycles. The standard InChI is InChI=1S/C15H16N2O2S/c1-10-9-20-14(16-10)8-17-5-4-11-2-3-12(15(18)19)6-13(11)7-17/h2-3,6,9H,4-5,7-8H2,1H3,(H,18,19). The molecule has 0 fully saturated rings. The summed E-state index contributed by atoms with van der Waals surface area (Å²) in [6, 6.07) is 5.45. The molecule has 2 aromatic rings. The Hall–Kier alpha value is -1.72. The van der Waals surface area contributed by atoms with Gasteiger partial charge in [0.15, 0.2) is 0 Å². The normalized spacial score (nSPS) is 15.1. The number of thiazole rings is 1. The number of aryl methyl sites for hydroxylation is 1. The van der Waals surface area contributed by atoms with Crippen LogP contribution in [0.25, 0.3) is 0 Å². The van der Waals surface area contributed by atoms with Crippen LogP contribution in [0.4, 0.5) is 0 Å². The first-order chi connectivity index (χ1) is 9.61. The third kappa shape index (κ3) is 2.73. The van der Waals surface area contributed by atoms with E-state index in [1.54, 1.807) is 23.5 Å². The van der Waals surface area contributed by atoms with Crippen molar-refractivity contribution in [3.8, 4) is 0 Å². The molecular formula is C15H16N2O2S. The Kier molecular flexibility index (Phi) is 3.54. The van der Waals surface area contributed by atoms with Gasteiger partial charge in [-0.05, 0) is 36.6 Å². The SMILES string of the molecule is Cc1csc(CN2CCc3ccc(C(=O)O)cc3C2)n1. The highest BCUT2D eigenvalue weighted by Gasteiger charge is 2.18. The number of nitrogens with zero attached hydrogens (tertiary/aromatic N) is 2. The van der Waals surface area contributed by atoms with E-state index < -0.39 is 5.97 Å². The van der Waals surface area contributed by atoms with E-state index >= 15 is 0 Å². The minimum atomic E-state index is -0.861. The molecule has 1 N–H and O–H groups in total. The molecule has 104 valence electrons. The fourth-order valence-electron chi connectivity index (χ4n) is 2.55. The lowest BCUT2D eigenvalue weighted by atomic mass is 9.97. The molecule has 5 heteroatoms. The molecule has 0 bridgehead atoms. The van der Waals surface area contributed by atoms with Crippen LogP contribution in [0.3, 0.4) is 0 Å². The number of aromatic carboxylic acids is 1. The van der Waals surface area contributed by atoms with Gasteiger partial charge in [0.05, 0.1) is 12.1 Å². The zero-order valence-corrected chi connectivity index (χ0v) is 12.1. The minimum absolute atomic E-state index is 0.371. The van der Waals surface area contributed by atoms with Gasteiger partial charge in [-0.2, -0.15) is 0 Å². The first kappa shape index (κ1) is 13.3. The average molecular weight is 288 g/mol. The third-order valence-electron chi connectivity index (χ3n) is 3.57. The van der Waals surface area contributed by atoms with Crippen molar-refractivity contribution >= 4 is 17.3 Å². The molecule has 0 aliphatic carbocycles. The molecule has 1 aromatic carbocycles. The lowest BCUT2D eigenvalue weighted by molar-refractivity contribution is 0.0696. The maximum atomic E-state index is 11.0. The second-order valence-corrected chi connectivity index (χ2v) is 6.07. The van der Waals surface area contributed by atoms with Crippen LogP contribution in [0.1, 0.15) is 32.2 Å². The van der Waals surface area contributed by atoms with Crippen LogP contribution in [0.5, 0.6) is 0 Å². The summed E-state index contributed by atoms with van der Waals surface area (Å²) in [4.78, 5) is 17.9. The molecular weight excluding hydrogens is 272 g/mol. The number of hydrogen-bond acceptors (Lipinski definition) is 4. The van der Waals surface area contributed by atoms with E-state index in [9.17, 15) is 4.79 Å². The number of carbonyl (C=O) groups is 1. The van der Waals surface area contributed by atoms with Crippen molar-refractivity contribution in [2.24, 2.45) is 0 Å². The van der Waals surface area contributed by atoms with Gasteiger partial charge < -0.3 is 5.11 Å². The number of rotatable bonds is 3. The first-order valence-electron chi connectivity index (χ1n) is 6.60. The van der Waals surface area contributed by atoms with Gasteiger partial charge in [-0.15, -0.1) is 11.3 Å². The topological polar surface area (TPSA) is 53.4 Å². The van der Waals surface area contributed by atoms with Crippen LogP contribution in [-0.2, 0) is 19.5 Å². The quantitative estimate of drug-likeness (QED) is 0.943. The Morgan fingerprint density at radius 2 is 2.30 bits per heavy atom. The molecule has 3 rings (SSSR count). The van der Waals surface area contributed by atoms with E-state index in [2.05, 4.69) is 15.3 Å². The fourth-order valence-corrected chi connectivity index (χ4v) is 3.36. The third-order valence-corrected chi connectivity index (χ3v) is 4.52. The number of hydrogen-bond donors (Lipinski definition) is 1. The summed E-state index contributed by atoms with van der Waals surface area (Å²) in [7, 11) is 0. The molecule has 2 heterocycles. The Balaban J connectivity index is 1.76. The highest BCUT2D eigenvalue weighted by Crippen LogP contribution is 2.22. The van der Waals surface area contributed by atoms with Crippen molar-refractivity contribution in [1.29, 1.82) is 0 Å². The van der Waals surface area contributed by atoms with E-state index in [1.165, 1.54) is 5.56 Å². The van der Waals surface area contributed by atoms with Crippen LogP contribution in [0.15, 0.2) is 23.6 Å². The van der Waals surface area contributed by atoms with Crippen LogP contribution < -0.4 is 0 Å². The second-order valence-electron chi connectivity index (χ2n) is 5.13. The fraction of sp³-hybridized carbons (Fsp3) is 0.333. The molecule has 0 radical (unpaired) electrons. The second kappa shape index (κ2) is 5.34. The number of carboxylic acid groups (broad SMARTS) is 1. The Bertz CT molecular complexity index is 651. The molecule has 0 atom stereocenters. The number of aromatic nitrogens is 1. The summed E-state index contributed by atoms with van der Waals surface area (Å²) >= 11 is 1.69. The molecule has 0 saturated heterocycles. The molecule has 20 heavy (non-hydrogen) atoms. The highest BCUT2D eigenvalue weighted by molar-refractivity contribution is 7.09. The summed E-state index contributed by atoms with van der Waals surface area (Å²) in [6.07, 6.45) is 0.972. The van der Waals surface area contributed by atoms with Crippen molar-refractivity contribution in [1.82, 2.24) is 9.88 Å². The van der Waals surface area contributed by atoms with Gasteiger partial charge in [-0.25, -0.2) is 9.78 Å². The molecule has 1 aliphatic rings. The van der Waals surface area contributed by atoms with Crippen molar-refractivity contribution in [2.75, 3.05) is 6.54 Å². The minimum Gasteiger partial charge on any atom is -0.478 e. The zero-order valence-electron chi connectivity index (χ0n) is 11.3. The Morgan fingerprint density at radius 3 is 3.00 bits per heavy atom. The van der Waals surface area contributed by atoms with E-state index in [0.29, 0.717) is 5.56 Å². The summed E-state index contributed by atoms with van der Waals surface area (Å²) in [6.45, 7) is 4.65. The summed E-state index contributed by atoms with van der Waals surface area (Å²) in [5.74, 6) is -0.861. The van der Waals surface area contributed by atoms with Crippen LogP contribution in [-0.4, -0.2) is 27.5 Å².